The summed E-state index contributed by atoms with van der Waals surface area (Å²) in [6.07, 6.45) is 3.21. The fraction of sp³-hybridized carbons (Fsp3) is 0.222. The second-order valence-electron chi connectivity index (χ2n) is 5.81. The van der Waals surface area contributed by atoms with Crippen molar-refractivity contribution in [3.8, 4) is 0 Å². The van der Waals surface area contributed by atoms with Crippen LogP contribution in [0.2, 0.25) is 0 Å². The average Bonchev–Trinajstić information content (AvgIpc) is 3.09. The molecule has 3 nitrogen and oxygen atoms in total. The maximum absolute atomic E-state index is 6.07. The van der Waals surface area contributed by atoms with Crippen molar-refractivity contribution >= 4 is 16.6 Å². The Kier molecular flexibility index (Phi) is 2.93. The topological polar surface area (TPSA) is 45.0 Å². The molecular weight excluding hydrogens is 258 g/mol. The Morgan fingerprint density at radius 1 is 1.05 bits per heavy atom. The van der Waals surface area contributed by atoms with Gasteiger partial charge in [0.25, 0.3) is 0 Å². The fourth-order valence-corrected chi connectivity index (χ4v) is 3.29. The molecule has 3 N–H and O–H groups in total. The molecule has 0 saturated heterocycles. The van der Waals surface area contributed by atoms with Crippen molar-refractivity contribution < 1.29 is 0 Å². The summed E-state index contributed by atoms with van der Waals surface area (Å²) in [5.41, 5.74) is 12.3. The second-order valence-corrected chi connectivity index (χ2v) is 5.81. The van der Waals surface area contributed by atoms with Gasteiger partial charge in [-0.05, 0) is 35.2 Å². The lowest BCUT2D eigenvalue weighted by Crippen LogP contribution is -2.19. The Balaban J connectivity index is 1.48. The summed E-state index contributed by atoms with van der Waals surface area (Å²) >= 11 is 0. The molecule has 2 heterocycles. The fourth-order valence-electron chi connectivity index (χ4n) is 3.29. The lowest BCUT2D eigenvalue weighted by Gasteiger charge is -2.14. The molecular formula is C18H19N3. The Morgan fingerprint density at radius 3 is 2.86 bits per heavy atom. The standard InChI is InChI=1S/C18H19N3/c19-17-6-3-4-14-11-21(12-16(14)17)9-8-13-10-20-18-7-2-1-5-15(13)18/h1-7,10,20H,8-9,11-12,19H2. The summed E-state index contributed by atoms with van der Waals surface area (Å²) in [5.74, 6) is 0. The largest absolute Gasteiger partial charge is 0.398 e. The highest BCUT2D eigenvalue weighted by atomic mass is 15.1. The normalized spacial score (nSPS) is 14.7. The van der Waals surface area contributed by atoms with E-state index in [0.717, 1.165) is 31.7 Å². The van der Waals surface area contributed by atoms with Gasteiger partial charge in [-0.2, -0.15) is 0 Å². The molecule has 0 amide bonds. The molecule has 1 aliphatic heterocycles. The van der Waals surface area contributed by atoms with Crippen molar-refractivity contribution in [1.82, 2.24) is 9.88 Å². The molecule has 0 aliphatic carbocycles. The number of benzene rings is 2. The first-order chi connectivity index (χ1) is 10.3. The van der Waals surface area contributed by atoms with E-state index in [-0.39, 0.29) is 0 Å². The lowest BCUT2D eigenvalue weighted by atomic mass is 10.1. The van der Waals surface area contributed by atoms with Crippen LogP contribution in [0.15, 0.2) is 48.7 Å². The Morgan fingerprint density at radius 2 is 1.95 bits per heavy atom. The molecule has 3 heteroatoms. The van der Waals surface area contributed by atoms with Crippen LogP contribution in [-0.2, 0) is 19.5 Å². The van der Waals surface area contributed by atoms with Gasteiger partial charge < -0.3 is 10.7 Å². The molecule has 0 bridgehead atoms. The highest BCUT2D eigenvalue weighted by Crippen LogP contribution is 2.28. The van der Waals surface area contributed by atoms with E-state index < -0.39 is 0 Å². The van der Waals surface area contributed by atoms with Gasteiger partial charge in [-0.1, -0.05) is 30.3 Å². The van der Waals surface area contributed by atoms with Crippen LogP contribution in [0, 0.1) is 0 Å². The molecule has 0 saturated carbocycles. The maximum Gasteiger partial charge on any atom is 0.0456 e. The first-order valence-electron chi connectivity index (χ1n) is 7.45. The summed E-state index contributed by atoms with van der Waals surface area (Å²) < 4.78 is 0. The van der Waals surface area contributed by atoms with E-state index in [9.17, 15) is 0 Å². The number of nitrogens with one attached hydrogen (secondary N) is 1. The van der Waals surface area contributed by atoms with Gasteiger partial charge in [0, 0.05) is 42.4 Å². The molecule has 4 rings (SSSR count). The minimum absolute atomic E-state index is 0.932. The molecule has 0 atom stereocenters. The number of nitrogens with two attached hydrogens (primary N) is 1. The third-order valence-electron chi connectivity index (χ3n) is 4.46. The third kappa shape index (κ3) is 2.20. The summed E-state index contributed by atoms with van der Waals surface area (Å²) in [6, 6.07) is 14.7. The predicted octanol–water partition coefficient (Wildman–Crippen LogP) is 3.31. The second kappa shape index (κ2) is 4.93. The van der Waals surface area contributed by atoms with Gasteiger partial charge in [0.1, 0.15) is 0 Å². The Hall–Kier alpha value is -2.26. The molecule has 2 aromatic carbocycles. The molecule has 0 fully saturated rings. The molecule has 1 aromatic heterocycles. The molecule has 21 heavy (non-hydrogen) atoms. The van der Waals surface area contributed by atoms with E-state index >= 15 is 0 Å². The van der Waals surface area contributed by atoms with Crippen molar-refractivity contribution in [2.45, 2.75) is 19.5 Å². The number of aromatic nitrogens is 1. The minimum Gasteiger partial charge on any atom is -0.398 e. The van der Waals surface area contributed by atoms with Crippen molar-refractivity contribution in [1.29, 1.82) is 0 Å². The molecule has 106 valence electrons. The number of rotatable bonds is 3. The summed E-state index contributed by atoms with van der Waals surface area (Å²) in [4.78, 5) is 5.83. The van der Waals surface area contributed by atoms with E-state index in [2.05, 4.69) is 52.5 Å². The zero-order valence-corrected chi connectivity index (χ0v) is 12.0. The summed E-state index contributed by atoms with van der Waals surface area (Å²) in [6.45, 7) is 3.06. The number of nitrogens with zero attached hydrogens (tertiary/aromatic N) is 1. The van der Waals surface area contributed by atoms with Crippen LogP contribution >= 0.6 is 0 Å². The van der Waals surface area contributed by atoms with Crippen LogP contribution in [0.25, 0.3) is 10.9 Å². The summed E-state index contributed by atoms with van der Waals surface area (Å²) in [7, 11) is 0. The van der Waals surface area contributed by atoms with Gasteiger partial charge >= 0.3 is 0 Å². The zero-order valence-electron chi connectivity index (χ0n) is 12.0. The monoisotopic (exact) mass is 277 g/mol. The van der Waals surface area contributed by atoms with Gasteiger partial charge in [-0.25, -0.2) is 0 Å². The predicted molar refractivity (Wildman–Crippen MR) is 87.0 cm³/mol. The number of para-hydroxylation sites is 1. The third-order valence-corrected chi connectivity index (χ3v) is 4.46. The Bertz CT molecular complexity index is 788. The van der Waals surface area contributed by atoms with Gasteiger partial charge in [-0.3, -0.25) is 4.90 Å². The molecule has 0 spiro atoms. The van der Waals surface area contributed by atoms with Gasteiger partial charge in [0.2, 0.25) is 0 Å². The van der Waals surface area contributed by atoms with E-state index in [4.69, 9.17) is 5.73 Å². The van der Waals surface area contributed by atoms with Gasteiger partial charge in [0.15, 0.2) is 0 Å². The highest BCUT2D eigenvalue weighted by molar-refractivity contribution is 5.83. The summed E-state index contributed by atoms with van der Waals surface area (Å²) in [5, 5.41) is 1.34. The molecule has 3 aromatic rings. The number of aromatic amines is 1. The van der Waals surface area contributed by atoms with E-state index in [1.165, 1.54) is 27.6 Å². The van der Waals surface area contributed by atoms with Crippen molar-refractivity contribution in [2.24, 2.45) is 0 Å². The SMILES string of the molecule is Nc1cccc2c1CN(CCc1c[nH]c3ccccc13)C2. The lowest BCUT2D eigenvalue weighted by molar-refractivity contribution is 0.288. The van der Waals surface area contributed by atoms with Crippen molar-refractivity contribution in [3.05, 3.63) is 65.4 Å². The van der Waals surface area contributed by atoms with Crippen LogP contribution in [0.1, 0.15) is 16.7 Å². The number of hydrogen-bond donors (Lipinski definition) is 2. The van der Waals surface area contributed by atoms with Crippen molar-refractivity contribution in [3.63, 3.8) is 0 Å². The number of hydrogen-bond acceptors (Lipinski definition) is 2. The van der Waals surface area contributed by atoms with E-state index in [0.29, 0.717) is 0 Å². The quantitative estimate of drug-likeness (QED) is 0.721. The number of anilines is 1. The molecule has 1 aliphatic rings. The van der Waals surface area contributed by atoms with E-state index in [1.54, 1.807) is 0 Å². The first kappa shape index (κ1) is 12.5. The number of fused-ring (bicyclic) bond motifs is 2. The maximum atomic E-state index is 6.07. The number of H-pyrrole nitrogens is 1. The smallest absolute Gasteiger partial charge is 0.0456 e. The van der Waals surface area contributed by atoms with Crippen LogP contribution < -0.4 is 5.73 Å². The Labute approximate surface area is 124 Å². The van der Waals surface area contributed by atoms with Crippen LogP contribution in [0.3, 0.4) is 0 Å². The van der Waals surface area contributed by atoms with Crippen LogP contribution in [-0.4, -0.2) is 16.4 Å². The van der Waals surface area contributed by atoms with E-state index in [1.807, 2.05) is 6.07 Å². The number of nitrogen functional groups attached to an aromatic ring is 1. The van der Waals surface area contributed by atoms with Crippen LogP contribution in [0.4, 0.5) is 5.69 Å². The van der Waals surface area contributed by atoms with Gasteiger partial charge in [-0.15, -0.1) is 0 Å². The van der Waals surface area contributed by atoms with Crippen molar-refractivity contribution in [2.75, 3.05) is 12.3 Å². The van der Waals surface area contributed by atoms with Gasteiger partial charge in [0.05, 0.1) is 0 Å². The minimum atomic E-state index is 0.932. The first-order valence-corrected chi connectivity index (χ1v) is 7.45. The average molecular weight is 277 g/mol. The van der Waals surface area contributed by atoms with Crippen LogP contribution in [0.5, 0.6) is 0 Å². The zero-order chi connectivity index (χ0) is 14.2. The molecule has 0 radical (unpaired) electrons. The molecule has 0 unspecified atom stereocenters. The highest BCUT2D eigenvalue weighted by Gasteiger charge is 2.20.